The number of anilines is 2. The van der Waals surface area contributed by atoms with Crippen molar-refractivity contribution in [2.24, 2.45) is 5.10 Å². The number of nitrogens with one attached hydrogen (secondary N) is 3. The van der Waals surface area contributed by atoms with Gasteiger partial charge in [-0.2, -0.15) is 5.10 Å². The Kier molecular flexibility index (Phi) is 9.35. The maximum Gasteiger partial charge on any atom is 0.329 e. The van der Waals surface area contributed by atoms with Gasteiger partial charge in [0.25, 0.3) is 5.91 Å². The number of halogens is 2. The Labute approximate surface area is 211 Å². The van der Waals surface area contributed by atoms with Gasteiger partial charge in [-0.05, 0) is 73.2 Å². The summed E-state index contributed by atoms with van der Waals surface area (Å²) in [5.41, 5.74) is 3.48. The van der Waals surface area contributed by atoms with Gasteiger partial charge in [0.2, 0.25) is 0 Å². The van der Waals surface area contributed by atoms with Gasteiger partial charge in [0, 0.05) is 16.4 Å². The van der Waals surface area contributed by atoms with Crippen molar-refractivity contribution in [3.63, 3.8) is 0 Å². The third-order valence-electron chi connectivity index (χ3n) is 4.42. The molecular formula is C25H22ClFN4O5. The third kappa shape index (κ3) is 8.10. The zero-order valence-corrected chi connectivity index (χ0v) is 19.8. The zero-order chi connectivity index (χ0) is 25.9. The normalized spacial score (nSPS) is 10.5. The lowest BCUT2D eigenvalue weighted by Gasteiger charge is -2.12. The van der Waals surface area contributed by atoms with E-state index in [9.17, 15) is 18.8 Å². The fourth-order valence-corrected chi connectivity index (χ4v) is 3.03. The highest BCUT2D eigenvalue weighted by Crippen LogP contribution is 2.28. The largest absolute Gasteiger partial charge is 0.490 e. The molecule has 3 rings (SSSR count). The number of hydrogen-bond acceptors (Lipinski definition) is 6. The number of amides is 3. The minimum absolute atomic E-state index is 0.303. The van der Waals surface area contributed by atoms with Crippen molar-refractivity contribution in [1.82, 2.24) is 5.43 Å². The van der Waals surface area contributed by atoms with E-state index in [0.717, 1.165) is 0 Å². The molecule has 0 heterocycles. The van der Waals surface area contributed by atoms with Crippen LogP contribution >= 0.6 is 11.6 Å². The molecule has 36 heavy (non-hydrogen) atoms. The Morgan fingerprint density at radius 2 is 1.69 bits per heavy atom. The molecule has 0 fully saturated rings. The maximum atomic E-state index is 13.0. The molecule has 3 aromatic rings. The summed E-state index contributed by atoms with van der Waals surface area (Å²) in [6.07, 6.45) is 1.32. The molecule has 0 aliphatic heterocycles. The predicted molar refractivity (Wildman–Crippen MR) is 134 cm³/mol. The Morgan fingerprint density at radius 1 is 0.917 bits per heavy atom. The van der Waals surface area contributed by atoms with E-state index in [0.29, 0.717) is 40.1 Å². The van der Waals surface area contributed by atoms with Crippen LogP contribution in [0.25, 0.3) is 0 Å². The van der Waals surface area contributed by atoms with Crippen LogP contribution < -0.4 is 25.5 Å². The fraction of sp³-hybridized carbons (Fsp3) is 0.120. The van der Waals surface area contributed by atoms with Crippen molar-refractivity contribution >= 4 is 46.9 Å². The minimum Gasteiger partial charge on any atom is -0.490 e. The second-order valence-corrected chi connectivity index (χ2v) is 7.58. The van der Waals surface area contributed by atoms with E-state index in [2.05, 4.69) is 21.2 Å². The number of hydrogen-bond donors (Lipinski definition) is 3. The van der Waals surface area contributed by atoms with Crippen molar-refractivity contribution in [3.8, 4) is 11.5 Å². The summed E-state index contributed by atoms with van der Waals surface area (Å²) in [5.74, 6) is -2.06. The van der Waals surface area contributed by atoms with Crippen molar-refractivity contribution in [2.45, 2.75) is 6.92 Å². The standard InChI is InChI=1S/C25H22ClFN4O5/c1-2-35-22-12-16(14-28-31-25(34)24(33)30-20-5-3-4-17(26)13-20)6-11-21(22)36-15-23(32)29-19-9-7-18(27)8-10-19/h3-14H,2,15H2,1H3,(H,29,32)(H,30,33)(H,31,34)/b28-14-. The number of benzene rings is 3. The van der Waals surface area contributed by atoms with Gasteiger partial charge in [-0.3, -0.25) is 14.4 Å². The van der Waals surface area contributed by atoms with E-state index in [4.69, 9.17) is 21.1 Å². The summed E-state index contributed by atoms with van der Waals surface area (Å²) in [4.78, 5) is 36.1. The van der Waals surface area contributed by atoms with Gasteiger partial charge in [0.15, 0.2) is 18.1 Å². The molecule has 3 aromatic carbocycles. The number of carbonyl (C=O) groups is 3. The Morgan fingerprint density at radius 3 is 2.42 bits per heavy atom. The highest BCUT2D eigenvalue weighted by Gasteiger charge is 2.13. The van der Waals surface area contributed by atoms with Gasteiger partial charge in [0.05, 0.1) is 12.8 Å². The van der Waals surface area contributed by atoms with Crippen LogP contribution in [0.4, 0.5) is 15.8 Å². The van der Waals surface area contributed by atoms with Gasteiger partial charge in [-0.1, -0.05) is 17.7 Å². The highest BCUT2D eigenvalue weighted by atomic mass is 35.5. The molecule has 0 bridgehead atoms. The van der Waals surface area contributed by atoms with Crippen LogP contribution in [0.5, 0.6) is 11.5 Å². The summed E-state index contributed by atoms with van der Waals surface area (Å²) in [6.45, 7) is 1.81. The lowest BCUT2D eigenvalue weighted by Crippen LogP contribution is -2.32. The van der Waals surface area contributed by atoms with E-state index in [1.165, 1.54) is 36.5 Å². The van der Waals surface area contributed by atoms with Crippen molar-refractivity contribution < 1.29 is 28.2 Å². The molecule has 186 valence electrons. The molecule has 3 N–H and O–H groups in total. The second-order valence-electron chi connectivity index (χ2n) is 7.15. The van der Waals surface area contributed by atoms with E-state index >= 15 is 0 Å². The molecule has 9 nitrogen and oxygen atoms in total. The molecule has 0 saturated heterocycles. The predicted octanol–water partition coefficient (Wildman–Crippen LogP) is 3.98. The van der Waals surface area contributed by atoms with Crippen LogP contribution in [0.1, 0.15) is 12.5 Å². The molecule has 0 saturated carbocycles. The first kappa shape index (κ1) is 26.2. The number of ether oxygens (including phenoxy) is 2. The maximum absolute atomic E-state index is 13.0. The first-order valence-electron chi connectivity index (χ1n) is 10.7. The molecule has 0 radical (unpaired) electrons. The molecule has 3 amide bonds. The molecule has 11 heteroatoms. The van der Waals surface area contributed by atoms with Crippen LogP contribution in [-0.4, -0.2) is 37.1 Å². The SMILES string of the molecule is CCOc1cc(/C=N\NC(=O)C(=O)Nc2cccc(Cl)c2)ccc1OCC(=O)Nc1ccc(F)cc1. The molecule has 0 aromatic heterocycles. The van der Waals surface area contributed by atoms with E-state index in [1.807, 2.05) is 0 Å². The minimum atomic E-state index is -0.969. The smallest absolute Gasteiger partial charge is 0.329 e. The summed E-state index contributed by atoms with van der Waals surface area (Å²) in [6, 6.07) is 16.5. The second kappa shape index (κ2) is 12.9. The Bertz CT molecular complexity index is 1270. The quantitative estimate of drug-likeness (QED) is 0.228. The summed E-state index contributed by atoms with van der Waals surface area (Å²) in [5, 5.41) is 9.20. The summed E-state index contributed by atoms with van der Waals surface area (Å²) in [7, 11) is 0. The van der Waals surface area contributed by atoms with Gasteiger partial charge < -0.3 is 20.1 Å². The van der Waals surface area contributed by atoms with Crippen molar-refractivity contribution in [2.75, 3.05) is 23.8 Å². The fourth-order valence-electron chi connectivity index (χ4n) is 2.84. The Hall–Kier alpha value is -4.44. The zero-order valence-electron chi connectivity index (χ0n) is 19.1. The average Bonchev–Trinajstić information content (AvgIpc) is 2.85. The summed E-state index contributed by atoms with van der Waals surface area (Å²) >= 11 is 5.85. The molecule has 0 unspecified atom stereocenters. The first-order valence-corrected chi connectivity index (χ1v) is 11.1. The molecule has 0 atom stereocenters. The highest BCUT2D eigenvalue weighted by molar-refractivity contribution is 6.39. The van der Waals surface area contributed by atoms with E-state index in [-0.39, 0.29) is 6.61 Å². The van der Waals surface area contributed by atoms with Crippen LogP contribution in [0.2, 0.25) is 5.02 Å². The van der Waals surface area contributed by atoms with Gasteiger partial charge in [-0.15, -0.1) is 0 Å². The van der Waals surface area contributed by atoms with Gasteiger partial charge in [0.1, 0.15) is 5.82 Å². The first-order chi connectivity index (χ1) is 17.3. The van der Waals surface area contributed by atoms with Crippen molar-refractivity contribution in [1.29, 1.82) is 0 Å². The molecule has 0 spiro atoms. The van der Waals surface area contributed by atoms with Crippen LogP contribution in [0, 0.1) is 5.82 Å². The average molecular weight is 513 g/mol. The lowest BCUT2D eigenvalue weighted by molar-refractivity contribution is -0.136. The number of rotatable bonds is 9. The number of nitrogens with zero attached hydrogens (tertiary/aromatic N) is 1. The lowest BCUT2D eigenvalue weighted by atomic mass is 10.2. The van der Waals surface area contributed by atoms with Crippen molar-refractivity contribution in [3.05, 3.63) is 83.1 Å². The number of carbonyl (C=O) groups excluding carboxylic acids is 3. The molecular weight excluding hydrogens is 491 g/mol. The van der Waals surface area contributed by atoms with E-state index in [1.54, 1.807) is 43.3 Å². The van der Waals surface area contributed by atoms with Gasteiger partial charge >= 0.3 is 11.8 Å². The number of hydrazone groups is 1. The molecule has 0 aliphatic rings. The van der Waals surface area contributed by atoms with Crippen LogP contribution in [-0.2, 0) is 14.4 Å². The van der Waals surface area contributed by atoms with Crippen LogP contribution in [0.15, 0.2) is 71.8 Å². The Balaban J connectivity index is 1.55. The third-order valence-corrected chi connectivity index (χ3v) is 4.66. The monoisotopic (exact) mass is 512 g/mol. The van der Waals surface area contributed by atoms with E-state index < -0.39 is 23.5 Å². The van der Waals surface area contributed by atoms with Gasteiger partial charge in [-0.25, -0.2) is 9.82 Å². The van der Waals surface area contributed by atoms with Crippen LogP contribution in [0.3, 0.4) is 0 Å². The molecule has 0 aliphatic carbocycles. The topological polar surface area (TPSA) is 118 Å². The summed E-state index contributed by atoms with van der Waals surface area (Å²) < 4.78 is 24.1.